The van der Waals surface area contributed by atoms with E-state index in [9.17, 15) is 9.59 Å². The van der Waals surface area contributed by atoms with Crippen LogP contribution >= 0.6 is 11.3 Å². The third-order valence-corrected chi connectivity index (χ3v) is 3.29. The third kappa shape index (κ3) is 1.72. The van der Waals surface area contributed by atoms with Crippen molar-refractivity contribution in [1.82, 2.24) is 10.3 Å². The number of carbonyl (C=O) groups excluding carboxylic acids is 1. The fourth-order valence-corrected chi connectivity index (χ4v) is 2.38. The maximum Gasteiger partial charge on any atom is 0.309 e. The molecule has 0 radical (unpaired) electrons. The van der Waals surface area contributed by atoms with Crippen LogP contribution in [-0.4, -0.2) is 22.0 Å². The number of carboxylic acids is 1. The Kier molecular flexibility index (Phi) is 2.44. The van der Waals surface area contributed by atoms with Crippen LogP contribution in [0.2, 0.25) is 0 Å². The summed E-state index contributed by atoms with van der Waals surface area (Å²) in [5.41, 5.74) is 2.34. The van der Waals surface area contributed by atoms with Crippen molar-refractivity contribution < 1.29 is 14.7 Å². The highest BCUT2D eigenvalue weighted by Gasteiger charge is 2.40. The van der Waals surface area contributed by atoms with Crippen LogP contribution < -0.4 is 5.32 Å². The number of hydrogen-bond donors (Lipinski definition) is 2. The number of hydrogen-bond acceptors (Lipinski definition) is 4. The zero-order valence-electron chi connectivity index (χ0n) is 8.06. The highest BCUT2D eigenvalue weighted by molar-refractivity contribution is 7.09. The highest BCUT2D eigenvalue weighted by Crippen LogP contribution is 2.32. The monoisotopic (exact) mass is 226 g/mol. The van der Waals surface area contributed by atoms with Crippen LogP contribution in [-0.2, 0) is 9.59 Å². The molecule has 0 aromatic carbocycles. The summed E-state index contributed by atoms with van der Waals surface area (Å²) in [6.45, 7) is 1.87. The molecule has 1 aromatic rings. The van der Waals surface area contributed by atoms with Crippen LogP contribution in [0.15, 0.2) is 5.51 Å². The van der Waals surface area contributed by atoms with Crippen molar-refractivity contribution >= 4 is 23.2 Å². The van der Waals surface area contributed by atoms with Gasteiger partial charge >= 0.3 is 5.97 Å². The van der Waals surface area contributed by atoms with E-state index in [4.69, 9.17) is 5.11 Å². The number of aryl methyl sites for hydroxylation is 1. The Bertz CT molecular complexity index is 415. The molecule has 6 heteroatoms. The van der Waals surface area contributed by atoms with Gasteiger partial charge in [-0.25, -0.2) is 4.98 Å². The van der Waals surface area contributed by atoms with E-state index >= 15 is 0 Å². The first-order valence-electron chi connectivity index (χ1n) is 4.51. The maximum atomic E-state index is 11.2. The van der Waals surface area contributed by atoms with E-state index < -0.39 is 17.9 Å². The lowest BCUT2D eigenvalue weighted by Crippen LogP contribution is -2.25. The molecule has 1 aliphatic heterocycles. The minimum atomic E-state index is -0.953. The molecule has 1 amide bonds. The summed E-state index contributed by atoms with van der Waals surface area (Å²) in [6.07, 6.45) is 0.0387. The predicted molar refractivity (Wildman–Crippen MR) is 53.5 cm³/mol. The van der Waals surface area contributed by atoms with E-state index in [0.29, 0.717) is 5.69 Å². The summed E-state index contributed by atoms with van der Waals surface area (Å²) >= 11 is 1.45. The van der Waals surface area contributed by atoms with E-state index in [1.807, 2.05) is 6.92 Å². The van der Waals surface area contributed by atoms with Crippen LogP contribution in [0.1, 0.15) is 23.0 Å². The Balaban J connectivity index is 2.32. The normalized spacial score (nSPS) is 25.3. The summed E-state index contributed by atoms with van der Waals surface area (Å²) < 4.78 is 0. The molecule has 0 bridgehead atoms. The van der Waals surface area contributed by atoms with Gasteiger partial charge in [-0.1, -0.05) is 0 Å². The molecule has 2 atom stereocenters. The summed E-state index contributed by atoms with van der Waals surface area (Å²) in [5.74, 6) is -1.87. The summed E-state index contributed by atoms with van der Waals surface area (Å²) in [6, 6.07) is -0.471. The molecule has 1 fully saturated rings. The number of thiazole rings is 1. The lowest BCUT2D eigenvalue weighted by Gasteiger charge is -2.13. The van der Waals surface area contributed by atoms with Crippen molar-refractivity contribution in [2.24, 2.45) is 5.92 Å². The number of nitrogens with one attached hydrogen (secondary N) is 1. The van der Waals surface area contributed by atoms with Crippen molar-refractivity contribution in [1.29, 1.82) is 0 Å². The first-order chi connectivity index (χ1) is 7.09. The molecule has 80 valence electrons. The number of carbonyl (C=O) groups is 2. The number of aliphatic carboxylic acids is 1. The molecular weight excluding hydrogens is 216 g/mol. The second-order valence-corrected chi connectivity index (χ2v) is 4.55. The number of carboxylic acid groups (broad SMARTS) is 1. The fraction of sp³-hybridized carbons (Fsp3) is 0.444. The molecule has 1 aliphatic rings. The van der Waals surface area contributed by atoms with Gasteiger partial charge in [-0.05, 0) is 6.92 Å². The van der Waals surface area contributed by atoms with E-state index in [2.05, 4.69) is 10.3 Å². The Morgan fingerprint density at radius 1 is 1.73 bits per heavy atom. The minimum Gasteiger partial charge on any atom is -0.481 e. The summed E-state index contributed by atoms with van der Waals surface area (Å²) in [4.78, 5) is 27.2. The lowest BCUT2D eigenvalue weighted by molar-refractivity contribution is -0.142. The first-order valence-corrected chi connectivity index (χ1v) is 5.39. The molecule has 0 spiro atoms. The zero-order chi connectivity index (χ0) is 11.0. The van der Waals surface area contributed by atoms with Crippen molar-refractivity contribution in [3.63, 3.8) is 0 Å². The van der Waals surface area contributed by atoms with E-state index in [1.165, 1.54) is 11.3 Å². The third-order valence-electron chi connectivity index (χ3n) is 2.52. The van der Waals surface area contributed by atoms with Crippen LogP contribution in [0, 0.1) is 12.8 Å². The molecule has 1 aromatic heterocycles. The van der Waals surface area contributed by atoms with Crippen molar-refractivity contribution in [3.05, 3.63) is 16.1 Å². The second kappa shape index (κ2) is 3.62. The van der Waals surface area contributed by atoms with Crippen LogP contribution in [0.25, 0.3) is 0 Å². The molecule has 2 N–H and O–H groups in total. The zero-order valence-corrected chi connectivity index (χ0v) is 8.87. The van der Waals surface area contributed by atoms with Gasteiger partial charge in [0.25, 0.3) is 0 Å². The Morgan fingerprint density at radius 2 is 2.47 bits per heavy atom. The second-order valence-electron chi connectivity index (χ2n) is 3.49. The van der Waals surface area contributed by atoms with E-state index in [0.717, 1.165) is 4.88 Å². The van der Waals surface area contributed by atoms with Gasteiger partial charge in [0.05, 0.1) is 23.2 Å². The van der Waals surface area contributed by atoms with Gasteiger partial charge in [-0.2, -0.15) is 0 Å². The van der Waals surface area contributed by atoms with Crippen LogP contribution in [0.3, 0.4) is 0 Å². The van der Waals surface area contributed by atoms with Crippen molar-refractivity contribution in [2.75, 3.05) is 0 Å². The average molecular weight is 226 g/mol. The summed E-state index contributed by atoms with van der Waals surface area (Å²) in [5, 5.41) is 11.6. The van der Waals surface area contributed by atoms with Gasteiger partial charge in [0.1, 0.15) is 0 Å². The quantitative estimate of drug-likeness (QED) is 0.778. The van der Waals surface area contributed by atoms with Crippen molar-refractivity contribution in [2.45, 2.75) is 19.4 Å². The van der Waals surface area contributed by atoms with Crippen molar-refractivity contribution in [3.8, 4) is 0 Å². The molecule has 1 saturated heterocycles. The molecule has 2 heterocycles. The Hall–Kier alpha value is -1.43. The largest absolute Gasteiger partial charge is 0.481 e. The van der Waals surface area contributed by atoms with Crippen LogP contribution in [0.4, 0.5) is 0 Å². The highest BCUT2D eigenvalue weighted by atomic mass is 32.1. The Labute approximate surface area is 90.1 Å². The smallest absolute Gasteiger partial charge is 0.309 e. The van der Waals surface area contributed by atoms with E-state index in [1.54, 1.807) is 5.51 Å². The molecular formula is C9H10N2O3S. The van der Waals surface area contributed by atoms with Gasteiger partial charge in [-0.15, -0.1) is 11.3 Å². The standard InChI is InChI=1S/C9H10N2O3S/c1-4-7(10-3-15-4)8-5(9(13)14)2-6(12)11-8/h3,5,8H,2H2,1H3,(H,11,12)(H,13,14). The van der Waals surface area contributed by atoms with Gasteiger partial charge in [0.2, 0.25) is 5.91 Å². The Morgan fingerprint density at radius 3 is 3.00 bits per heavy atom. The average Bonchev–Trinajstić information content (AvgIpc) is 2.71. The van der Waals surface area contributed by atoms with E-state index in [-0.39, 0.29) is 12.3 Å². The number of aromatic nitrogens is 1. The molecule has 0 saturated carbocycles. The lowest BCUT2D eigenvalue weighted by atomic mass is 9.98. The molecule has 0 aliphatic carbocycles. The molecule has 5 nitrogen and oxygen atoms in total. The number of amides is 1. The van der Waals surface area contributed by atoms with Gasteiger partial charge in [-0.3, -0.25) is 9.59 Å². The summed E-state index contributed by atoms with van der Waals surface area (Å²) in [7, 11) is 0. The van der Waals surface area contributed by atoms with Crippen LogP contribution in [0.5, 0.6) is 0 Å². The number of rotatable bonds is 2. The van der Waals surface area contributed by atoms with Gasteiger partial charge in [0.15, 0.2) is 0 Å². The molecule has 15 heavy (non-hydrogen) atoms. The molecule has 2 unspecified atom stereocenters. The minimum absolute atomic E-state index is 0.0387. The fourth-order valence-electron chi connectivity index (χ4n) is 1.75. The SMILES string of the molecule is Cc1scnc1C1NC(=O)CC1C(=O)O. The molecule has 2 rings (SSSR count). The predicted octanol–water partition coefficient (Wildman–Crippen LogP) is 0.713. The number of nitrogens with zero attached hydrogens (tertiary/aromatic N) is 1. The first kappa shape index (κ1) is 10.1. The van der Waals surface area contributed by atoms with Gasteiger partial charge < -0.3 is 10.4 Å². The topological polar surface area (TPSA) is 79.3 Å². The maximum absolute atomic E-state index is 11.2. The van der Waals surface area contributed by atoms with Gasteiger partial charge in [0, 0.05) is 11.3 Å².